The maximum atomic E-state index is 13.0. The third-order valence-corrected chi connectivity index (χ3v) is 6.43. The zero-order valence-electron chi connectivity index (χ0n) is 15.4. The van der Waals surface area contributed by atoms with Crippen molar-refractivity contribution >= 4 is 45.6 Å². The van der Waals surface area contributed by atoms with Gasteiger partial charge < -0.3 is 15.2 Å². The number of nitrogens with zero attached hydrogens (tertiary/aromatic N) is 3. The average Bonchev–Trinajstić information content (AvgIpc) is 3.49. The SMILES string of the molecule is O=C(CSc1nnc(Nc2ccc(F)cc2)s1)c1c[nH]c(C(=O)N2CCCC2)c1. The number of H-pyrrole nitrogens is 1. The first kappa shape index (κ1) is 19.6. The summed E-state index contributed by atoms with van der Waals surface area (Å²) < 4.78 is 13.6. The van der Waals surface area contributed by atoms with Crippen LogP contribution < -0.4 is 5.32 Å². The monoisotopic (exact) mass is 431 g/mol. The van der Waals surface area contributed by atoms with Crippen LogP contribution in [0.1, 0.15) is 33.7 Å². The van der Waals surface area contributed by atoms with E-state index in [-0.39, 0.29) is 23.3 Å². The zero-order valence-corrected chi connectivity index (χ0v) is 17.0. The van der Waals surface area contributed by atoms with Crippen LogP contribution in [0.3, 0.4) is 0 Å². The van der Waals surface area contributed by atoms with Crippen molar-refractivity contribution in [1.29, 1.82) is 0 Å². The van der Waals surface area contributed by atoms with Crippen LogP contribution in [0.5, 0.6) is 0 Å². The number of rotatable bonds is 7. The van der Waals surface area contributed by atoms with Crippen molar-refractivity contribution in [3.63, 3.8) is 0 Å². The van der Waals surface area contributed by atoms with Crippen molar-refractivity contribution in [3.05, 3.63) is 53.6 Å². The van der Waals surface area contributed by atoms with E-state index in [9.17, 15) is 14.0 Å². The van der Waals surface area contributed by atoms with Crippen LogP contribution in [-0.4, -0.2) is 50.6 Å². The summed E-state index contributed by atoms with van der Waals surface area (Å²) in [6, 6.07) is 7.56. The van der Waals surface area contributed by atoms with Crippen molar-refractivity contribution in [2.45, 2.75) is 17.2 Å². The highest BCUT2D eigenvalue weighted by molar-refractivity contribution is 8.01. The molecule has 4 rings (SSSR count). The van der Waals surface area contributed by atoms with Crippen molar-refractivity contribution < 1.29 is 14.0 Å². The average molecular weight is 432 g/mol. The highest BCUT2D eigenvalue weighted by Gasteiger charge is 2.22. The van der Waals surface area contributed by atoms with Gasteiger partial charge in [-0.25, -0.2) is 4.39 Å². The number of likely N-dealkylation sites (tertiary alicyclic amines) is 1. The number of aromatic nitrogens is 3. The molecule has 1 aromatic carbocycles. The first-order chi connectivity index (χ1) is 14.1. The number of halogens is 1. The van der Waals surface area contributed by atoms with Crippen LogP contribution in [0.4, 0.5) is 15.2 Å². The van der Waals surface area contributed by atoms with Gasteiger partial charge in [-0.15, -0.1) is 10.2 Å². The molecule has 0 bridgehead atoms. The van der Waals surface area contributed by atoms with E-state index < -0.39 is 0 Å². The smallest absolute Gasteiger partial charge is 0.270 e. The molecule has 3 heterocycles. The maximum Gasteiger partial charge on any atom is 0.270 e. The fourth-order valence-corrected chi connectivity index (χ4v) is 4.62. The molecule has 150 valence electrons. The number of hydrogen-bond acceptors (Lipinski definition) is 7. The van der Waals surface area contributed by atoms with Gasteiger partial charge >= 0.3 is 0 Å². The summed E-state index contributed by atoms with van der Waals surface area (Å²) in [5.41, 5.74) is 1.63. The molecule has 1 fully saturated rings. The van der Waals surface area contributed by atoms with Gasteiger partial charge in [-0.3, -0.25) is 9.59 Å². The molecule has 0 atom stereocenters. The third-order valence-electron chi connectivity index (χ3n) is 4.46. The predicted octanol–water partition coefficient (Wildman–Crippen LogP) is 3.96. The molecule has 1 amide bonds. The Kier molecular flexibility index (Phi) is 5.91. The van der Waals surface area contributed by atoms with Crippen LogP contribution in [0.15, 0.2) is 40.9 Å². The number of ketones is 1. The Morgan fingerprint density at radius 1 is 1.21 bits per heavy atom. The second-order valence-electron chi connectivity index (χ2n) is 6.52. The van der Waals surface area contributed by atoms with Gasteiger partial charge in [0.25, 0.3) is 5.91 Å². The van der Waals surface area contributed by atoms with E-state index >= 15 is 0 Å². The number of anilines is 2. The minimum absolute atomic E-state index is 0.0603. The standard InChI is InChI=1S/C19H18FN5O2S2/c20-13-3-5-14(6-4-13)22-18-23-24-19(29-18)28-11-16(26)12-9-15(21-10-12)17(27)25-7-1-2-8-25/h3-6,9-10,21H,1-2,7-8,11H2,(H,22,23). The summed E-state index contributed by atoms with van der Waals surface area (Å²) in [4.78, 5) is 29.5. The lowest BCUT2D eigenvalue weighted by Crippen LogP contribution is -2.27. The molecule has 7 nitrogen and oxygen atoms in total. The molecule has 29 heavy (non-hydrogen) atoms. The summed E-state index contributed by atoms with van der Waals surface area (Å²) in [5.74, 6) is -0.261. The lowest BCUT2D eigenvalue weighted by Gasteiger charge is -2.13. The van der Waals surface area contributed by atoms with E-state index in [2.05, 4.69) is 20.5 Å². The van der Waals surface area contributed by atoms with Gasteiger partial charge in [-0.05, 0) is 43.2 Å². The predicted molar refractivity (Wildman–Crippen MR) is 111 cm³/mol. The first-order valence-electron chi connectivity index (χ1n) is 9.08. The molecule has 0 aliphatic carbocycles. The number of benzene rings is 1. The summed E-state index contributed by atoms with van der Waals surface area (Å²) >= 11 is 2.60. The molecule has 0 unspecified atom stereocenters. The van der Waals surface area contributed by atoms with Gasteiger partial charge in [0.1, 0.15) is 11.5 Å². The molecule has 0 spiro atoms. The second-order valence-corrected chi connectivity index (χ2v) is 8.72. The van der Waals surface area contributed by atoms with Crippen molar-refractivity contribution in [3.8, 4) is 0 Å². The third kappa shape index (κ3) is 4.83. The first-order valence-corrected chi connectivity index (χ1v) is 10.9. The molecule has 0 radical (unpaired) electrons. The molecule has 1 saturated heterocycles. The Balaban J connectivity index is 1.31. The number of carbonyl (C=O) groups excluding carboxylic acids is 2. The number of Topliss-reactive ketones (excluding diaryl/α,β-unsaturated/α-hetero) is 1. The molecule has 2 N–H and O–H groups in total. The minimum Gasteiger partial charge on any atom is -0.356 e. The van der Waals surface area contributed by atoms with Gasteiger partial charge in [0, 0.05) is 30.5 Å². The highest BCUT2D eigenvalue weighted by Crippen LogP contribution is 2.28. The Labute approximate surface area is 174 Å². The van der Waals surface area contributed by atoms with Gasteiger partial charge in [-0.2, -0.15) is 0 Å². The summed E-state index contributed by atoms with van der Waals surface area (Å²) in [5, 5.41) is 11.7. The van der Waals surface area contributed by atoms with E-state index in [1.165, 1.54) is 35.2 Å². The van der Waals surface area contributed by atoms with Crippen molar-refractivity contribution in [1.82, 2.24) is 20.1 Å². The quantitative estimate of drug-likeness (QED) is 0.435. The van der Waals surface area contributed by atoms with Gasteiger partial charge in [0.15, 0.2) is 10.1 Å². The van der Waals surface area contributed by atoms with Crippen LogP contribution in [0.25, 0.3) is 0 Å². The number of hydrogen-bond donors (Lipinski definition) is 2. The molecule has 1 aliphatic rings. The fraction of sp³-hybridized carbons (Fsp3) is 0.263. The summed E-state index contributed by atoms with van der Waals surface area (Å²) in [7, 11) is 0. The highest BCUT2D eigenvalue weighted by atomic mass is 32.2. The van der Waals surface area contributed by atoms with Gasteiger partial charge in [0.05, 0.1) is 5.75 Å². The fourth-order valence-electron chi connectivity index (χ4n) is 2.96. The van der Waals surface area contributed by atoms with E-state index in [0.717, 1.165) is 25.9 Å². The number of aromatic amines is 1. The largest absolute Gasteiger partial charge is 0.356 e. The molecular formula is C19H18FN5O2S2. The molecule has 3 aromatic rings. The number of nitrogens with one attached hydrogen (secondary N) is 2. The molecule has 2 aromatic heterocycles. The van der Waals surface area contributed by atoms with Crippen molar-refractivity contribution in [2.75, 3.05) is 24.2 Å². The van der Waals surface area contributed by atoms with Crippen LogP contribution >= 0.6 is 23.1 Å². The summed E-state index contributed by atoms with van der Waals surface area (Å²) in [6.45, 7) is 1.53. The van der Waals surface area contributed by atoms with E-state index in [1.807, 2.05) is 0 Å². The van der Waals surface area contributed by atoms with E-state index in [1.54, 1.807) is 29.3 Å². The summed E-state index contributed by atoms with van der Waals surface area (Å²) in [6.07, 6.45) is 3.62. The Morgan fingerprint density at radius 3 is 2.72 bits per heavy atom. The second kappa shape index (κ2) is 8.75. The molecular weight excluding hydrogens is 413 g/mol. The van der Waals surface area contributed by atoms with Crippen LogP contribution in [0, 0.1) is 5.82 Å². The number of carbonyl (C=O) groups is 2. The van der Waals surface area contributed by atoms with Crippen LogP contribution in [0.2, 0.25) is 0 Å². The van der Waals surface area contributed by atoms with E-state index in [0.29, 0.717) is 26.4 Å². The van der Waals surface area contributed by atoms with Gasteiger partial charge in [-0.1, -0.05) is 23.1 Å². The van der Waals surface area contributed by atoms with Crippen molar-refractivity contribution in [2.24, 2.45) is 0 Å². The number of amides is 1. The molecule has 10 heteroatoms. The molecule has 0 saturated carbocycles. The molecule has 1 aliphatic heterocycles. The zero-order chi connectivity index (χ0) is 20.2. The lowest BCUT2D eigenvalue weighted by molar-refractivity contribution is 0.0787. The maximum absolute atomic E-state index is 13.0. The minimum atomic E-state index is -0.308. The lowest BCUT2D eigenvalue weighted by atomic mass is 10.2. The van der Waals surface area contributed by atoms with E-state index in [4.69, 9.17) is 0 Å². The normalized spacial score (nSPS) is 13.6. The Morgan fingerprint density at radius 2 is 1.97 bits per heavy atom. The van der Waals surface area contributed by atoms with Crippen LogP contribution in [-0.2, 0) is 0 Å². The Hall–Kier alpha value is -2.72. The number of thioether (sulfide) groups is 1. The van der Waals surface area contributed by atoms with Gasteiger partial charge in [0.2, 0.25) is 5.13 Å². The Bertz CT molecular complexity index is 1010. The topological polar surface area (TPSA) is 91.0 Å².